The Bertz CT molecular complexity index is 484. The van der Waals surface area contributed by atoms with Crippen molar-refractivity contribution in [2.75, 3.05) is 13.7 Å². The average Bonchev–Trinajstić information content (AvgIpc) is 2.76. The highest BCUT2D eigenvalue weighted by molar-refractivity contribution is 5.93. The van der Waals surface area contributed by atoms with E-state index in [1.807, 2.05) is 13.8 Å². The molecular formula is C13H21N3O4. The highest BCUT2D eigenvalue weighted by Crippen LogP contribution is 2.14. The molecule has 7 nitrogen and oxygen atoms in total. The molecule has 0 aliphatic rings. The van der Waals surface area contributed by atoms with Gasteiger partial charge in [0.1, 0.15) is 5.69 Å². The molecule has 0 saturated carbocycles. The summed E-state index contributed by atoms with van der Waals surface area (Å²) in [5.74, 6) is -1.20. The number of carboxylic acids is 1. The molecule has 1 aromatic heterocycles. The van der Waals surface area contributed by atoms with Gasteiger partial charge in [0, 0.05) is 12.8 Å². The van der Waals surface area contributed by atoms with Gasteiger partial charge in [-0.15, -0.1) is 0 Å². The molecule has 0 aliphatic carbocycles. The molecule has 0 fully saturated rings. The fourth-order valence-corrected chi connectivity index (χ4v) is 1.87. The summed E-state index contributed by atoms with van der Waals surface area (Å²) in [7, 11) is 1.46. The van der Waals surface area contributed by atoms with Gasteiger partial charge in [0.2, 0.25) is 0 Å². The van der Waals surface area contributed by atoms with E-state index in [1.54, 1.807) is 13.0 Å². The van der Waals surface area contributed by atoms with Gasteiger partial charge in [-0.2, -0.15) is 5.10 Å². The minimum absolute atomic E-state index is 0.104. The Hall–Kier alpha value is -1.89. The Kier molecular flexibility index (Phi) is 5.26. The first-order chi connectivity index (χ1) is 9.27. The fraction of sp³-hybridized carbons (Fsp3) is 0.615. The van der Waals surface area contributed by atoms with Crippen molar-refractivity contribution in [2.24, 2.45) is 0 Å². The molecule has 20 heavy (non-hydrogen) atoms. The van der Waals surface area contributed by atoms with Gasteiger partial charge in [0.15, 0.2) is 0 Å². The molecule has 1 rings (SSSR count). The van der Waals surface area contributed by atoms with Gasteiger partial charge >= 0.3 is 5.97 Å². The van der Waals surface area contributed by atoms with E-state index in [0.29, 0.717) is 0 Å². The van der Waals surface area contributed by atoms with Gasteiger partial charge in [-0.1, -0.05) is 13.8 Å². The zero-order chi connectivity index (χ0) is 15.3. The number of H-pyrrole nitrogens is 1. The third kappa shape index (κ3) is 4.34. The second-order valence-electron chi connectivity index (χ2n) is 5.38. The van der Waals surface area contributed by atoms with E-state index in [2.05, 4.69) is 15.5 Å². The maximum Gasteiger partial charge on any atom is 0.305 e. The van der Waals surface area contributed by atoms with Gasteiger partial charge in [0.05, 0.1) is 18.6 Å². The van der Waals surface area contributed by atoms with Crippen LogP contribution in [0.15, 0.2) is 6.07 Å². The predicted octanol–water partition coefficient (Wildman–Crippen LogP) is 1.14. The minimum atomic E-state index is -1.00. The number of methoxy groups -OCH3 is 1. The van der Waals surface area contributed by atoms with Crippen molar-refractivity contribution in [2.45, 2.75) is 38.6 Å². The largest absolute Gasteiger partial charge is 0.481 e. The molecule has 1 amide bonds. The summed E-state index contributed by atoms with van der Waals surface area (Å²) in [4.78, 5) is 23.0. The third-order valence-electron chi connectivity index (χ3n) is 2.87. The van der Waals surface area contributed by atoms with E-state index in [1.165, 1.54) is 7.11 Å². The first-order valence-corrected chi connectivity index (χ1v) is 6.36. The molecule has 112 valence electrons. The maximum absolute atomic E-state index is 12.1. The number of hydrogen-bond donors (Lipinski definition) is 3. The summed E-state index contributed by atoms with van der Waals surface area (Å²) in [6.45, 7) is 5.69. The first kappa shape index (κ1) is 16.2. The SMILES string of the molecule is COCC(C)(CC(=O)O)NC(=O)c1cc(C(C)C)[nH]n1. The Morgan fingerprint density at radius 2 is 2.20 bits per heavy atom. The van der Waals surface area contributed by atoms with Gasteiger partial charge in [-0.3, -0.25) is 14.7 Å². The fourth-order valence-electron chi connectivity index (χ4n) is 1.87. The summed E-state index contributed by atoms with van der Waals surface area (Å²) >= 11 is 0. The molecule has 0 spiro atoms. The van der Waals surface area contributed by atoms with Crippen LogP contribution in [0.2, 0.25) is 0 Å². The summed E-state index contributed by atoms with van der Waals surface area (Å²) in [6, 6.07) is 1.66. The maximum atomic E-state index is 12.1. The van der Waals surface area contributed by atoms with Crippen LogP contribution >= 0.6 is 0 Å². The standard InChI is InChI=1S/C13H21N3O4/c1-8(2)9-5-10(16-15-9)12(19)14-13(3,7-20-4)6-11(17)18/h5,8H,6-7H2,1-4H3,(H,14,19)(H,15,16)(H,17,18). The van der Waals surface area contributed by atoms with Crippen LogP contribution in [-0.4, -0.2) is 46.4 Å². The molecule has 7 heteroatoms. The van der Waals surface area contributed by atoms with Crippen LogP contribution in [0.5, 0.6) is 0 Å². The lowest BCUT2D eigenvalue weighted by Crippen LogP contribution is -2.50. The van der Waals surface area contributed by atoms with Gasteiger partial charge in [0.25, 0.3) is 5.91 Å². The number of nitrogens with one attached hydrogen (secondary N) is 2. The Morgan fingerprint density at radius 3 is 2.65 bits per heavy atom. The van der Waals surface area contributed by atoms with Crippen molar-refractivity contribution in [3.8, 4) is 0 Å². The molecule has 1 unspecified atom stereocenters. The van der Waals surface area contributed by atoms with Crippen LogP contribution in [0, 0.1) is 0 Å². The van der Waals surface area contributed by atoms with E-state index < -0.39 is 17.4 Å². The molecule has 1 heterocycles. The second kappa shape index (κ2) is 6.51. The van der Waals surface area contributed by atoms with Crippen molar-refractivity contribution in [1.82, 2.24) is 15.5 Å². The molecule has 1 aromatic rings. The van der Waals surface area contributed by atoms with Crippen LogP contribution in [0.4, 0.5) is 0 Å². The van der Waals surface area contributed by atoms with Gasteiger partial charge < -0.3 is 15.2 Å². The van der Waals surface area contributed by atoms with Crippen molar-refractivity contribution in [3.63, 3.8) is 0 Å². The van der Waals surface area contributed by atoms with E-state index in [9.17, 15) is 9.59 Å². The topological polar surface area (TPSA) is 104 Å². The summed E-state index contributed by atoms with van der Waals surface area (Å²) in [5, 5.41) is 18.3. The van der Waals surface area contributed by atoms with Crippen LogP contribution in [-0.2, 0) is 9.53 Å². The van der Waals surface area contributed by atoms with Gasteiger partial charge in [-0.05, 0) is 18.9 Å². The molecule has 0 bridgehead atoms. The Morgan fingerprint density at radius 1 is 1.55 bits per heavy atom. The van der Waals surface area contributed by atoms with E-state index in [4.69, 9.17) is 9.84 Å². The number of nitrogens with zero attached hydrogens (tertiary/aromatic N) is 1. The number of carbonyl (C=O) groups is 2. The first-order valence-electron chi connectivity index (χ1n) is 6.36. The highest BCUT2D eigenvalue weighted by atomic mass is 16.5. The molecule has 1 atom stereocenters. The number of hydrogen-bond acceptors (Lipinski definition) is 4. The summed E-state index contributed by atoms with van der Waals surface area (Å²) in [5.41, 5.74) is 0.109. The van der Waals surface area contributed by atoms with Gasteiger partial charge in [-0.25, -0.2) is 0 Å². The average molecular weight is 283 g/mol. The van der Waals surface area contributed by atoms with Crippen molar-refractivity contribution in [1.29, 1.82) is 0 Å². The smallest absolute Gasteiger partial charge is 0.305 e. The summed E-state index contributed by atoms with van der Waals surface area (Å²) < 4.78 is 4.98. The molecular weight excluding hydrogens is 262 g/mol. The van der Waals surface area contributed by atoms with Crippen LogP contribution < -0.4 is 5.32 Å². The second-order valence-corrected chi connectivity index (χ2v) is 5.38. The normalized spacial score (nSPS) is 14.1. The lowest BCUT2D eigenvalue weighted by atomic mass is 9.98. The summed E-state index contributed by atoms with van der Waals surface area (Å²) in [6.07, 6.45) is -0.228. The number of rotatable bonds is 7. The number of aliphatic carboxylic acids is 1. The van der Waals surface area contributed by atoms with Crippen molar-refractivity contribution >= 4 is 11.9 Å². The number of amides is 1. The Labute approximate surface area is 117 Å². The molecule has 3 N–H and O–H groups in total. The number of carbonyl (C=O) groups excluding carboxylic acids is 1. The van der Waals surface area contributed by atoms with Crippen LogP contribution in [0.25, 0.3) is 0 Å². The van der Waals surface area contributed by atoms with Crippen molar-refractivity contribution in [3.05, 3.63) is 17.5 Å². The van der Waals surface area contributed by atoms with E-state index in [-0.39, 0.29) is 24.6 Å². The highest BCUT2D eigenvalue weighted by Gasteiger charge is 2.30. The van der Waals surface area contributed by atoms with Crippen LogP contribution in [0.1, 0.15) is 49.3 Å². The Balaban J connectivity index is 2.81. The number of ether oxygens (including phenoxy) is 1. The molecule has 0 saturated heterocycles. The zero-order valence-electron chi connectivity index (χ0n) is 12.2. The molecule has 0 radical (unpaired) electrons. The quantitative estimate of drug-likeness (QED) is 0.696. The number of carboxylic acid groups (broad SMARTS) is 1. The minimum Gasteiger partial charge on any atom is -0.481 e. The molecule has 0 aliphatic heterocycles. The molecule has 0 aromatic carbocycles. The monoisotopic (exact) mass is 283 g/mol. The van der Waals surface area contributed by atoms with Crippen molar-refractivity contribution < 1.29 is 19.4 Å². The third-order valence-corrected chi connectivity index (χ3v) is 2.87. The number of aromatic nitrogens is 2. The lowest BCUT2D eigenvalue weighted by molar-refractivity contribution is -0.139. The zero-order valence-corrected chi connectivity index (χ0v) is 12.2. The predicted molar refractivity (Wildman–Crippen MR) is 72.7 cm³/mol. The lowest BCUT2D eigenvalue weighted by Gasteiger charge is -2.27. The van der Waals surface area contributed by atoms with Crippen LogP contribution in [0.3, 0.4) is 0 Å². The van der Waals surface area contributed by atoms with E-state index in [0.717, 1.165) is 5.69 Å². The van der Waals surface area contributed by atoms with E-state index >= 15 is 0 Å². The number of aromatic amines is 1.